The maximum atomic E-state index is 2.46. The Bertz CT molecular complexity index is 126. The lowest BCUT2D eigenvalue weighted by Gasteiger charge is -2.34. The predicted molar refractivity (Wildman–Crippen MR) is 64.2 cm³/mol. The topological polar surface area (TPSA) is 0 Å². The van der Waals surface area contributed by atoms with E-state index >= 15 is 0 Å². The van der Waals surface area contributed by atoms with E-state index < -0.39 is 8.80 Å². The van der Waals surface area contributed by atoms with Gasteiger partial charge >= 0.3 is 0 Å². The van der Waals surface area contributed by atoms with Gasteiger partial charge in [0, 0.05) is 8.80 Å². The van der Waals surface area contributed by atoms with Gasteiger partial charge in [0.15, 0.2) is 0 Å². The van der Waals surface area contributed by atoms with Gasteiger partial charge in [-0.1, -0.05) is 70.9 Å². The average Bonchev–Trinajstić information content (AvgIpc) is 2.04. The van der Waals surface area contributed by atoms with Crippen LogP contribution in [0, 0.1) is 0 Å². The Kier molecular flexibility index (Phi) is 4.50. The third-order valence-electron chi connectivity index (χ3n) is 3.73. The van der Waals surface area contributed by atoms with E-state index in [0.29, 0.717) is 0 Å². The van der Waals surface area contributed by atoms with Crippen molar-refractivity contribution in [1.29, 1.82) is 0 Å². The van der Waals surface area contributed by atoms with Crippen LogP contribution in [0.4, 0.5) is 0 Å². The average molecular weight is 198 g/mol. The van der Waals surface area contributed by atoms with Crippen LogP contribution in [0.5, 0.6) is 0 Å². The Morgan fingerprint density at radius 2 is 1.31 bits per heavy atom. The van der Waals surface area contributed by atoms with E-state index in [1.807, 2.05) is 0 Å². The Labute approximate surface area is 85.7 Å². The lowest BCUT2D eigenvalue weighted by Crippen LogP contribution is -2.29. The highest BCUT2D eigenvalue weighted by Gasteiger charge is 2.29. The van der Waals surface area contributed by atoms with Crippen molar-refractivity contribution >= 4 is 8.80 Å². The molecule has 0 unspecified atom stereocenters. The lowest BCUT2D eigenvalue weighted by atomic mass is 10.0. The zero-order chi connectivity index (χ0) is 9.84. The summed E-state index contributed by atoms with van der Waals surface area (Å²) >= 11 is 0. The molecule has 0 aliphatic heterocycles. The fourth-order valence-electron chi connectivity index (χ4n) is 3.38. The van der Waals surface area contributed by atoms with Gasteiger partial charge in [-0.25, -0.2) is 0 Å². The zero-order valence-electron chi connectivity index (χ0n) is 9.84. The third-order valence-corrected chi connectivity index (χ3v) is 8.57. The second-order valence-electron chi connectivity index (χ2n) is 5.46. The molecule has 1 rings (SSSR count). The SMILES string of the molecule is CC(C)[SiH](C(C)C)C1CCCCC1. The van der Waals surface area contributed by atoms with E-state index in [2.05, 4.69) is 27.7 Å². The molecule has 0 spiro atoms. The molecule has 0 aromatic heterocycles. The molecule has 0 atom stereocenters. The van der Waals surface area contributed by atoms with Crippen molar-refractivity contribution in [3.8, 4) is 0 Å². The molecule has 0 aromatic rings. The predicted octanol–water partition coefficient (Wildman–Crippen LogP) is 4.37. The van der Waals surface area contributed by atoms with Crippen LogP contribution in [0.2, 0.25) is 16.6 Å². The van der Waals surface area contributed by atoms with Gasteiger partial charge in [-0.3, -0.25) is 0 Å². The normalized spacial score (nSPS) is 20.5. The molecule has 1 fully saturated rings. The summed E-state index contributed by atoms with van der Waals surface area (Å²) in [5.74, 6) is 0. The highest BCUT2D eigenvalue weighted by Crippen LogP contribution is 2.39. The summed E-state index contributed by atoms with van der Waals surface area (Å²) in [6.07, 6.45) is 7.68. The Hall–Kier alpha value is 0.217. The third kappa shape index (κ3) is 3.12. The van der Waals surface area contributed by atoms with Crippen LogP contribution >= 0.6 is 0 Å². The first kappa shape index (κ1) is 11.3. The molecule has 13 heavy (non-hydrogen) atoms. The standard InChI is InChI=1S/C12H26Si/c1-10(2)13(11(3)4)12-8-6-5-7-9-12/h10-13H,5-9H2,1-4H3. The molecule has 0 heterocycles. The highest BCUT2D eigenvalue weighted by atomic mass is 28.3. The van der Waals surface area contributed by atoms with E-state index in [4.69, 9.17) is 0 Å². The molecule has 78 valence electrons. The van der Waals surface area contributed by atoms with Gasteiger partial charge in [0.25, 0.3) is 0 Å². The largest absolute Gasteiger partial charge is 0.0654 e. The second-order valence-corrected chi connectivity index (χ2v) is 10.2. The summed E-state index contributed by atoms with van der Waals surface area (Å²) in [5, 5.41) is 0. The molecular weight excluding hydrogens is 172 g/mol. The van der Waals surface area contributed by atoms with Crippen molar-refractivity contribution < 1.29 is 0 Å². The molecule has 0 radical (unpaired) electrons. The zero-order valence-corrected chi connectivity index (χ0v) is 11.0. The molecule has 1 aliphatic carbocycles. The smallest absolute Gasteiger partial charge is 0.0450 e. The van der Waals surface area contributed by atoms with Gasteiger partial charge in [-0.2, -0.15) is 0 Å². The molecule has 0 nitrogen and oxygen atoms in total. The van der Waals surface area contributed by atoms with Crippen molar-refractivity contribution in [2.45, 2.75) is 76.4 Å². The molecule has 0 saturated heterocycles. The van der Waals surface area contributed by atoms with Crippen LogP contribution in [0.1, 0.15) is 59.8 Å². The summed E-state index contributed by atoms with van der Waals surface area (Å²) < 4.78 is 0. The van der Waals surface area contributed by atoms with Crippen molar-refractivity contribution in [1.82, 2.24) is 0 Å². The quantitative estimate of drug-likeness (QED) is 0.591. The van der Waals surface area contributed by atoms with Gasteiger partial charge in [-0.05, 0) is 5.54 Å². The van der Waals surface area contributed by atoms with Gasteiger partial charge in [0.1, 0.15) is 0 Å². The van der Waals surface area contributed by atoms with E-state index in [1.165, 1.54) is 24.8 Å². The van der Waals surface area contributed by atoms with Crippen LogP contribution < -0.4 is 0 Å². The van der Waals surface area contributed by atoms with Crippen LogP contribution in [-0.2, 0) is 0 Å². The van der Waals surface area contributed by atoms with Gasteiger partial charge < -0.3 is 0 Å². The van der Waals surface area contributed by atoms with E-state index in [-0.39, 0.29) is 0 Å². The maximum absolute atomic E-state index is 2.46. The number of rotatable bonds is 3. The summed E-state index contributed by atoms with van der Waals surface area (Å²) in [5.41, 5.74) is 3.21. The molecule has 0 aromatic carbocycles. The van der Waals surface area contributed by atoms with Crippen molar-refractivity contribution in [2.75, 3.05) is 0 Å². The molecular formula is C12H26Si. The van der Waals surface area contributed by atoms with Gasteiger partial charge in [0.2, 0.25) is 0 Å². The first-order chi connectivity index (χ1) is 6.13. The minimum Gasteiger partial charge on any atom is -0.0654 e. The van der Waals surface area contributed by atoms with Crippen molar-refractivity contribution in [2.24, 2.45) is 0 Å². The monoisotopic (exact) mass is 198 g/mol. The molecule has 0 amide bonds. The maximum Gasteiger partial charge on any atom is 0.0450 e. The Balaban J connectivity index is 2.52. The van der Waals surface area contributed by atoms with E-state index in [0.717, 1.165) is 11.1 Å². The minimum atomic E-state index is -0.462. The number of hydrogen-bond acceptors (Lipinski definition) is 0. The summed E-state index contributed by atoms with van der Waals surface area (Å²) in [4.78, 5) is 0. The Morgan fingerprint density at radius 1 is 0.846 bits per heavy atom. The van der Waals surface area contributed by atoms with Crippen LogP contribution in [-0.4, -0.2) is 8.80 Å². The van der Waals surface area contributed by atoms with Crippen molar-refractivity contribution in [3.63, 3.8) is 0 Å². The number of hydrogen-bond donors (Lipinski definition) is 0. The summed E-state index contributed by atoms with van der Waals surface area (Å²) in [6.45, 7) is 9.86. The Morgan fingerprint density at radius 3 is 1.69 bits per heavy atom. The van der Waals surface area contributed by atoms with Gasteiger partial charge in [-0.15, -0.1) is 0 Å². The van der Waals surface area contributed by atoms with Crippen molar-refractivity contribution in [3.05, 3.63) is 0 Å². The van der Waals surface area contributed by atoms with Crippen LogP contribution in [0.3, 0.4) is 0 Å². The van der Waals surface area contributed by atoms with Crippen LogP contribution in [0.25, 0.3) is 0 Å². The highest BCUT2D eigenvalue weighted by molar-refractivity contribution is 6.63. The fraction of sp³-hybridized carbons (Fsp3) is 1.00. The van der Waals surface area contributed by atoms with Gasteiger partial charge in [0.05, 0.1) is 0 Å². The lowest BCUT2D eigenvalue weighted by molar-refractivity contribution is 0.489. The molecule has 1 aliphatic rings. The summed E-state index contributed by atoms with van der Waals surface area (Å²) in [6, 6.07) is 0. The first-order valence-corrected chi connectivity index (χ1v) is 8.13. The molecule has 0 N–H and O–H groups in total. The first-order valence-electron chi connectivity index (χ1n) is 6.13. The second kappa shape index (κ2) is 5.19. The molecule has 1 heteroatoms. The molecule has 1 saturated carbocycles. The van der Waals surface area contributed by atoms with E-state index in [9.17, 15) is 0 Å². The minimum absolute atomic E-state index is 0.462. The van der Waals surface area contributed by atoms with E-state index in [1.54, 1.807) is 12.8 Å². The summed E-state index contributed by atoms with van der Waals surface area (Å²) in [7, 11) is -0.462. The molecule has 0 bridgehead atoms. The van der Waals surface area contributed by atoms with Crippen LogP contribution in [0.15, 0.2) is 0 Å². The fourth-order valence-corrected chi connectivity index (χ4v) is 8.34.